The Kier molecular flexibility index (Phi) is 4.95. The Balaban J connectivity index is 1.46. The maximum absolute atomic E-state index is 12.5. The van der Waals surface area contributed by atoms with Crippen molar-refractivity contribution in [2.45, 2.75) is 44.1 Å². The summed E-state index contributed by atoms with van der Waals surface area (Å²) in [6, 6.07) is 4.99. The third-order valence-corrected chi connectivity index (χ3v) is 6.09. The molecular weight excluding hydrogens is 344 g/mol. The fraction of sp³-hybridized carbons (Fsp3) is 0.600. The number of carbonyl (C=O) groups is 2. The molecule has 1 aromatic carbocycles. The lowest BCUT2D eigenvalue weighted by Gasteiger charge is -2.31. The highest BCUT2D eigenvalue weighted by atomic mass is 16.5. The van der Waals surface area contributed by atoms with E-state index in [0.29, 0.717) is 23.7 Å². The van der Waals surface area contributed by atoms with E-state index < -0.39 is 5.91 Å². The van der Waals surface area contributed by atoms with Gasteiger partial charge in [-0.25, -0.2) is 4.79 Å². The number of amides is 3. The molecule has 7 nitrogen and oxygen atoms in total. The van der Waals surface area contributed by atoms with Gasteiger partial charge in [0.15, 0.2) is 0 Å². The number of nitrogens with one attached hydrogen (secondary N) is 2. The minimum atomic E-state index is -0.501. The molecule has 1 aliphatic carbocycles. The lowest BCUT2D eigenvalue weighted by Crippen LogP contribution is -2.43. The quantitative estimate of drug-likeness (QED) is 0.740. The first-order chi connectivity index (χ1) is 13.0. The number of hydrogen-bond donors (Lipinski definition) is 3. The third kappa shape index (κ3) is 3.88. The van der Waals surface area contributed by atoms with Gasteiger partial charge in [-0.1, -0.05) is 0 Å². The van der Waals surface area contributed by atoms with Gasteiger partial charge in [0, 0.05) is 25.2 Å². The van der Waals surface area contributed by atoms with Crippen molar-refractivity contribution in [2.75, 3.05) is 36.5 Å². The number of carbonyl (C=O) groups excluding carboxylic acids is 2. The molecule has 3 amide bonds. The van der Waals surface area contributed by atoms with Crippen LogP contribution in [0.25, 0.3) is 0 Å². The van der Waals surface area contributed by atoms with Crippen LogP contribution in [0.5, 0.6) is 0 Å². The number of anilines is 2. The average molecular weight is 372 g/mol. The predicted octanol–water partition coefficient (Wildman–Crippen LogP) is 2.47. The monoisotopic (exact) mass is 372 g/mol. The second-order valence-electron chi connectivity index (χ2n) is 8.05. The Morgan fingerprint density at radius 1 is 1.26 bits per heavy atom. The number of piperidine rings is 1. The molecule has 0 aromatic heterocycles. The highest BCUT2D eigenvalue weighted by Gasteiger charge is 2.46. The molecule has 2 heterocycles. The summed E-state index contributed by atoms with van der Waals surface area (Å²) in [6.07, 6.45) is 6.71. The molecule has 27 heavy (non-hydrogen) atoms. The number of fused-ring (bicyclic) bond motifs is 2. The van der Waals surface area contributed by atoms with E-state index in [4.69, 9.17) is 10.5 Å². The van der Waals surface area contributed by atoms with Crippen molar-refractivity contribution in [3.8, 4) is 0 Å². The van der Waals surface area contributed by atoms with Crippen molar-refractivity contribution in [1.29, 1.82) is 0 Å². The van der Waals surface area contributed by atoms with E-state index in [2.05, 4.69) is 15.5 Å². The summed E-state index contributed by atoms with van der Waals surface area (Å²) < 4.78 is 5.90. The molecule has 2 aliphatic heterocycles. The molecule has 7 heteroatoms. The minimum absolute atomic E-state index is 0.188. The van der Waals surface area contributed by atoms with Crippen molar-refractivity contribution in [3.05, 3.63) is 23.8 Å². The molecule has 0 spiro atoms. The zero-order valence-corrected chi connectivity index (χ0v) is 15.6. The molecule has 1 aromatic rings. The van der Waals surface area contributed by atoms with Crippen molar-refractivity contribution >= 4 is 23.3 Å². The zero-order chi connectivity index (χ0) is 18.9. The highest BCUT2D eigenvalue weighted by Crippen LogP contribution is 2.43. The second kappa shape index (κ2) is 7.38. The summed E-state index contributed by atoms with van der Waals surface area (Å²) in [4.78, 5) is 26.4. The number of hydrogen-bond acceptors (Lipinski definition) is 4. The van der Waals surface area contributed by atoms with E-state index >= 15 is 0 Å². The van der Waals surface area contributed by atoms with Crippen molar-refractivity contribution in [2.24, 2.45) is 11.7 Å². The number of primary amides is 1. The second-order valence-corrected chi connectivity index (χ2v) is 8.05. The molecule has 146 valence electrons. The number of nitrogens with two attached hydrogens (primary N) is 1. The standard InChI is InChI=1S/C20H28N4O3/c21-18(25)15-4-5-17(24-8-2-1-3-9-24)16(10-15)23-19(26)22-13-20-7-6-14(11-20)12-27-20/h4-5,10,14H,1-3,6-9,11-13H2,(H2,21,25)(H2,22,23,26). The number of ether oxygens (including phenoxy) is 1. The van der Waals surface area contributed by atoms with Gasteiger partial charge in [-0.15, -0.1) is 0 Å². The summed E-state index contributed by atoms with van der Waals surface area (Å²) in [5.41, 5.74) is 7.19. The van der Waals surface area contributed by atoms with Crippen LogP contribution in [-0.2, 0) is 4.74 Å². The third-order valence-electron chi connectivity index (χ3n) is 6.09. The molecule has 4 N–H and O–H groups in total. The van der Waals surface area contributed by atoms with Gasteiger partial charge in [0.2, 0.25) is 5.91 Å². The van der Waals surface area contributed by atoms with Crippen LogP contribution >= 0.6 is 0 Å². The molecule has 3 fully saturated rings. The van der Waals surface area contributed by atoms with Crippen LogP contribution in [0.3, 0.4) is 0 Å². The Labute approximate surface area is 159 Å². The SMILES string of the molecule is NC(=O)c1ccc(N2CCCCC2)c(NC(=O)NCC23CCC(CO2)C3)c1. The van der Waals surface area contributed by atoms with Crippen LogP contribution in [0.1, 0.15) is 48.9 Å². The Hall–Kier alpha value is -2.28. The molecule has 1 saturated carbocycles. The largest absolute Gasteiger partial charge is 0.373 e. The number of benzene rings is 1. The van der Waals surface area contributed by atoms with Gasteiger partial charge in [0.25, 0.3) is 0 Å². The Morgan fingerprint density at radius 2 is 2.07 bits per heavy atom. The van der Waals surface area contributed by atoms with E-state index in [1.165, 1.54) is 12.8 Å². The van der Waals surface area contributed by atoms with Crippen molar-refractivity contribution in [3.63, 3.8) is 0 Å². The van der Waals surface area contributed by atoms with Crippen LogP contribution in [-0.4, -0.2) is 43.8 Å². The number of urea groups is 1. The smallest absolute Gasteiger partial charge is 0.319 e. The fourth-order valence-corrected chi connectivity index (χ4v) is 4.58. The molecular formula is C20H28N4O3. The molecule has 2 saturated heterocycles. The van der Waals surface area contributed by atoms with Gasteiger partial charge >= 0.3 is 6.03 Å². The lowest BCUT2D eigenvalue weighted by molar-refractivity contribution is -0.0134. The van der Waals surface area contributed by atoms with Crippen molar-refractivity contribution in [1.82, 2.24) is 5.32 Å². The first-order valence-corrected chi connectivity index (χ1v) is 9.92. The summed E-state index contributed by atoms with van der Waals surface area (Å²) in [7, 11) is 0. The van der Waals surface area contributed by atoms with Crippen molar-refractivity contribution < 1.29 is 14.3 Å². The van der Waals surface area contributed by atoms with Gasteiger partial charge in [-0.3, -0.25) is 4.79 Å². The van der Waals surface area contributed by atoms with Crippen LogP contribution in [0.15, 0.2) is 18.2 Å². The van der Waals surface area contributed by atoms with Gasteiger partial charge in [-0.05, 0) is 62.6 Å². The molecule has 3 aliphatic rings. The maximum atomic E-state index is 12.5. The summed E-state index contributed by atoms with van der Waals surface area (Å²) >= 11 is 0. The summed E-state index contributed by atoms with van der Waals surface area (Å²) in [5.74, 6) is 0.145. The Morgan fingerprint density at radius 3 is 2.70 bits per heavy atom. The predicted molar refractivity (Wildman–Crippen MR) is 104 cm³/mol. The van der Waals surface area contributed by atoms with E-state index in [1.807, 2.05) is 6.07 Å². The molecule has 2 atom stereocenters. The first kappa shape index (κ1) is 18.1. The molecule has 2 bridgehead atoms. The van der Waals surface area contributed by atoms with Gasteiger partial charge in [-0.2, -0.15) is 0 Å². The van der Waals surface area contributed by atoms with Crippen LogP contribution in [0.4, 0.5) is 16.2 Å². The van der Waals surface area contributed by atoms with E-state index in [9.17, 15) is 9.59 Å². The molecule has 0 radical (unpaired) electrons. The van der Waals surface area contributed by atoms with Gasteiger partial charge in [0.05, 0.1) is 23.6 Å². The van der Waals surface area contributed by atoms with E-state index in [1.54, 1.807) is 12.1 Å². The topological polar surface area (TPSA) is 96.7 Å². The summed E-state index contributed by atoms with van der Waals surface area (Å²) in [5, 5.41) is 5.89. The molecule has 2 unspecified atom stereocenters. The zero-order valence-electron chi connectivity index (χ0n) is 15.6. The summed E-state index contributed by atoms with van der Waals surface area (Å²) in [6.45, 7) is 3.22. The lowest BCUT2D eigenvalue weighted by atomic mass is 10.0. The van der Waals surface area contributed by atoms with Crippen LogP contribution in [0, 0.1) is 5.92 Å². The number of nitrogens with zero attached hydrogens (tertiary/aromatic N) is 1. The van der Waals surface area contributed by atoms with Gasteiger partial charge in [0.1, 0.15) is 0 Å². The molecule has 4 rings (SSSR count). The van der Waals surface area contributed by atoms with Crippen LogP contribution in [0.2, 0.25) is 0 Å². The maximum Gasteiger partial charge on any atom is 0.319 e. The Bertz CT molecular complexity index is 722. The first-order valence-electron chi connectivity index (χ1n) is 9.92. The van der Waals surface area contributed by atoms with Gasteiger partial charge < -0.3 is 26.0 Å². The normalized spacial score (nSPS) is 26.8. The van der Waals surface area contributed by atoms with E-state index in [-0.39, 0.29) is 11.6 Å². The average Bonchev–Trinajstić information content (AvgIpc) is 3.28. The highest BCUT2D eigenvalue weighted by molar-refractivity contribution is 5.98. The van der Waals surface area contributed by atoms with Crippen LogP contribution < -0.4 is 21.3 Å². The van der Waals surface area contributed by atoms with E-state index in [0.717, 1.165) is 51.1 Å². The fourth-order valence-electron chi connectivity index (χ4n) is 4.58. The number of rotatable bonds is 5. The minimum Gasteiger partial charge on any atom is -0.373 e.